The maximum absolute atomic E-state index is 13.7. The standard InChI is InChI=1S/2C36H41NO6.C21H28O6.C16H16O/c2*1-34-15-14-26(39)17-24(34)12-13-27-28-18-31-36(30(41)20-38,35(28,2)19-29(40)32(27)34)43-33(42-31)23-10-8-21(9-11-23)6-7-22-4-3-5-25(37)16-22;1-19-6-5-12(23)7-11(19)3-4-13-14-8-16(25)21(27,17(26)10-22)20(14,2)9-15(24)18(13)19;1-13-3-2-4-15(11-13)8-5-14-6-9-16(12-17)10-7-14/h2*3-5,8-11,14-17,27-29,31-33,38,40H,6-7,12-13,18-20,37H2,1-2H3;5-7,13-16,18,22,24-25,27H,3-4,8-10H2,1-2H3;2-4,6-7,9-12H,5,8H2,1H3/t27-,28-,29-,31+,32+,33+,34-,35-,36+;27-,28-,29-,31+,32+,33-,34-,35-,36+;13-,14-,15-,16+,18+,19-,20-,21-;/m000./s1. The number of nitrogens with two attached hydrogens (primary N) is 2. The topological polar surface area (TPSA) is 370 Å². The van der Waals surface area contributed by atoms with Crippen molar-refractivity contribution in [3.8, 4) is 0 Å². The maximum Gasteiger partial charge on any atom is 0.193 e. The Labute approximate surface area is 761 Å². The number of aryl methyl sites for hydroxylation is 7. The number of fused-ring (bicyclic) bond motifs is 19. The molecule has 0 radical (unpaired) electrons. The second-order valence-electron chi connectivity index (χ2n) is 41.3. The highest BCUT2D eigenvalue weighted by Crippen LogP contribution is 2.74. The average Bonchev–Trinajstić information content (AvgIpc) is 1.50. The van der Waals surface area contributed by atoms with Crippen LogP contribution >= 0.6 is 0 Å². The lowest BCUT2D eigenvalue weighted by Crippen LogP contribution is -2.63. The fourth-order valence-electron chi connectivity index (χ4n) is 28.3. The molecule has 0 amide bonds. The van der Waals surface area contributed by atoms with E-state index >= 15 is 0 Å². The first-order chi connectivity index (χ1) is 62.0. The van der Waals surface area contributed by atoms with Gasteiger partial charge < -0.3 is 71.3 Å². The van der Waals surface area contributed by atoms with Gasteiger partial charge in [-0.3, -0.25) is 33.6 Å². The van der Waals surface area contributed by atoms with Gasteiger partial charge in [0.15, 0.2) is 64.1 Å². The van der Waals surface area contributed by atoms with Crippen molar-refractivity contribution >= 4 is 52.4 Å². The predicted molar refractivity (Wildman–Crippen MR) is 490 cm³/mol. The van der Waals surface area contributed by atoms with E-state index < -0.39 is 124 Å². The first-order valence-corrected chi connectivity index (χ1v) is 46.9. The van der Waals surface area contributed by atoms with Crippen molar-refractivity contribution < 1.29 is 93.4 Å². The molecule has 14 aliphatic rings. The van der Waals surface area contributed by atoms with E-state index in [1.54, 1.807) is 43.4 Å². The molecule has 21 nitrogen and oxygen atoms in total. The Morgan fingerprint density at radius 1 is 0.431 bits per heavy atom. The number of benzene rings is 6. The van der Waals surface area contributed by atoms with E-state index in [4.69, 9.17) is 30.4 Å². The second-order valence-corrected chi connectivity index (χ2v) is 41.3. The highest BCUT2D eigenvalue weighted by atomic mass is 16.8. The Kier molecular flexibility index (Phi) is 25.2. The zero-order valence-corrected chi connectivity index (χ0v) is 75.5. The third kappa shape index (κ3) is 15.6. The number of Topliss-reactive ketones (excluding diaryl/α,β-unsaturated/α-hetero) is 3. The number of carbonyl (C=O) groups is 7. The number of anilines is 2. The molecule has 2 heterocycles. The summed E-state index contributed by atoms with van der Waals surface area (Å²) in [7, 11) is 0. The molecule has 20 rings (SSSR count). The molecule has 686 valence electrons. The lowest BCUT2D eigenvalue weighted by molar-refractivity contribution is -0.201. The summed E-state index contributed by atoms with van der Waals surface area (Å²) in [6.45, 7) is 12.2. The molecule has 2 aliphatic heterocycles. The van der Waals surface area contributed by atoms with Crippen LogP contribution in [0.15, 0.2) is 217 Å². The van der Waals surface area contributed by atoms with Gasteiger partial charge in [-0.25, -0.2) is 0 Å². The molecule has 21 heteroatoms. The van der Waals surface area contributed by atoms with E-state index in [-0.39, 0.29) is 95.0 Å². The highest BCUT2D eigenvalue weighted by Gasteiger charge is 2.79. The summed E-state index contributed by atoms with van der Waals surface area (Å²) < 4.78 is 26.6. The SMILES string of the molecule is C[C@]12C=CC(=O)C=C1CC[C@@H]1[C@@H]2[C@@H](O)C[C@@]2(C)[C@H]1C[C@@H](O)[C@]2(O)C(=O)CO.C[C@]12C=CC(=O)C=C1CC[C@@H]1[C@@H]2[C@@H](O)C[C@@]2(C)[C@H]1C[C@H]1O[C@@H](c3ccc(CCc4cccc(N)c4)cc3)O[C@]12C(=O)CO.C[C@]12C=CC(=O)C=C1CC[C@@H]1[C@@H]2[C@@H](O)C[C@@]2(C)[C@H]1C[C@H]1O[C@H](c3ccc(CCc4cccc(N)c4)cc3)O[C@]12C(=O)CO.Cc1cccc(CCc2ccc(C=O)cc2)c1. The molecule has 9 saturated carbocycles. The van der Waals surface area contributed by atoms with Crippen LogP contribution in [0.25, 0.3) is 0 Å². The molecular formula is C109H126N2O19. The van der Waals surface area contributed by atoms with Crippen molar-refractivity contribution in [2.24, 2.45) is 85.8 Å². The first kappa shape index (κ1) is 92.4. The number of hydrogen-bond acceptors (Lipinski definition) is 21. The molecule has 130 heavy (non-hydrogen) atoms. The van der Waals surface area contributed by atoms with Crippen molar-refractivity contribution in [1.82, 2.24) is 0 Å². The molecule has 11 fully saturated rings. The van der Waals surface area contributed by atoms with Gasteiger partial charge in [0.05, 0.1) is 36.6 Å². The van der Waals surface area contributed by atoms with Gasteiger partial charge >= 0.3 is 0 Å². The quantitative estimate of drug-likeness (QED) is 0.0282. The number of carbonyl (C=O) groups excluding carboxylic acids is 7. The Morgan fingerprint density at radius 2 is 0.769 bits per heavy atom. The summed E-state index contributed by atoms with van der Waals surface area (Å²) in [6, 6.07) is 48.5. The molecule has 6 aromatic rings. The molecule has 12 aliphatic carbocycles. The van der Waals surface area contributed by atoms with Gasteiger partial charge in [0.1, 0.15) is 26.1 Å². The third-order valence-electron chi connectivity index (χ3n) is 34.6. The number of ketones is 6. The summed E-state index contributed by atoms with van der Waals surface area (Å²) in [5, 5.41) is 86.4. The zero-order valence-electron chi connectivity index (χ0n) is 75.5. The van der Waals surface area contributed by atoms with Crippen LogP contribution in [0.2, 0.25) is 0 Å². The fraction of sp³-hybridized carbons (Fsp3) is 0.495. The third-order valence-corrected chi connectivity index (χ3v) is 34.6. The zero-order chi connectivity index (χ0) is 92.2. The average molecular weight is 1770 g/mol. The maximum atomic E-state index is 13.7. The molecule has 26 atom stereocenters. The van der Waals surface area contributed by atoms with Gasteiger partial charge in [0.2, 0.25) is 0 Å². The van der Waals surface area contributed by atoms with Crippen LogP contribution in [-0.2, 0) is 86.2 Å². The van der Waals surface area contributed by atoms with Crippen molar-refractivity contribution in [3.63, 3.8) is 0 Å². The number of hydrogen-bond donors (Lipinski definition) is 10. The molecular weight excluding hydrogens is 1640 g/mol. The van der Waals surface area contributed by atoms with E-state index in [1.165, 1.54) is 38.9 Å². The molecule has 6 aromatic carbocycles. The van der Waals surface area contributed by atoms with Crippen LogP contribution in [-0.4, -0.2) is 155 Å². The van der Waals surface area contributed by atoms with E-state index in [9.17, 15) is 74.4 Å². The number of ether oxygens (including phenoxy) is 4. The molecule has 0 bridgehead atoms. The van der Waals surface area contributed by atoms with Gasteiger partial charge in [-0.15, -0.1) is 0 Å². The van der Waals surface area contributed by atoms with Crippen molar-refractivity contribution in [1.29, 1.82) is 0 Å². The van der Waals surface area contributed by atoms with Gasteiger partial charge in [-0.2, -0.15) is 0 Å². The minimum Gasteiger partial charge on any atom is -0.399 e. The fourth-order valence-corrected chi connectivity index (χ4v) is 28.3. The lowest BCUT2D eigenvalue weighted by Gasteiger charge is -2.59. The van der Waals surface area contributed by atoms with Crippen LogP contribution in [0.4, 0.5) is 11.4 Å². The highest BCUT2D eigenvalue weighted by molar-refractivity contribution is 6.02. The van der Waals surface area contributed by atoms with Gasteiger partial charge in [-0.1, -0.05) is 203 Å². The van der Waals surface area contributed by atoms with Gasteiger partial charge in [0.25, 0.3) is 0 Å². The van der Waals surface area contributed by atoms with E-state index in [1.807, 2.05) is 110 Å². The minimum absolute atomic E-state index is 0.00575. The van der Waals surface area contributed by atoms with Crippen LogP contribution in [0.1, 0.15) is 192 Å². The summed E-state index contributed by atoms with van der Waals surface area (Å²) in [5.74, 6) is -1.55. The summed E-state index contributed by atoms with van der Waals surface area (Å²) >= 11 is 0. The van der Waals surface area contributed by atoms with E-state index in [0.29, 0.717) is 25.7 Å². The largest absolute Gasteiger partial charge is 0.399 e. The number of nitrogen functional groups attached to an aromatic ring is 2. The molecule has 0 unspecified atom stereocenters. The predicted octanol–water partition coefficient (Wildman–Crippen LogP) is 13.4. The van der Waals surface area contributed by atoms with Gasteiger partial charge in [0, 0.05) is 78.3 Å². The first-order valence-electron chi connectivity index (χ1n) is 46.9. The molecule has 2 saturated heterocycles. The van der Waals surface area contributed by atoms with Crippen LogP contribution < -0.4 is 11.5 Å². The lowest BCUT2D eigenvalue weighted by atomic mass is 9.46. The van der Waals surface area contributed by atoms with Crippen molar-refractivity contribution in [2.75, 3.05) is 31.3 Å². The number of aldehydes is 1. The number of rotatable bonds is 18. The summed E-state index contributed by atoms with van der Waals surface area (Å²) in [4.78, 5) is 86.6. The molecule has 0 spiro atoms. The van der Waals surface area contributed by atoms with Crippen molar-refractivity contribution in [2.45, 2.75) is 230 Å². The Hall–Kier alpha value is -9.43. The molecule has 12 N–H and O–H groups in total. The second kappa shape index (κ2) is 35.5. The molecule has 0 aromatic heterocycles. The number of aliphatic hydroxyl groups excluding tert-OH is 7. The Bertz CT molecular complexity index is 5350. The van der Waals surface area contributed by atoms with Crippen LogP contribution in [0.5, 0.6) is 0 Å². The minimum atomic E-state index is -2.05. The monoisotopic (exact) mass is 1770 g/mol. The summed E-state index contributed by atoms with van der Waals surface area (Å²) in [6.07, 6.45) is 23.5. The van der Waals surface area contributed by atoms with Crippen LogP contribution in [0, 0.1) is 92.7 Å². The Morgan fingerprint density at radius 3 is 1.12 bits per heavy atom. The smallest absolute Gasteiger partial charge is 0.193 e. The van der Waals surface area contributed by atoms with Gasteiger partial charge in [-0.05, 0) is 252 Å². The number of aliphatic hydroxyl groups is 8. The van der Waals surface area contributed by atoms with Crippen LogP contribution in [0.3, 0.4) is 0 Å². The van der Waals surface area contributed by atoms with E-state index in [2.05, 4.69) is 95.3 Å². The Balaban J connectivity index is 0.000000128. The van der Waals surface area contributed by atoms with Crippen molar-refractivity contribution in [3.05, 3.63) is 273 Å². The number of allylic oxidation sites excluding steroid dienone is 12. The normalized spacial score (nSPS) is 38.1. The summed E-state index contributed by atoms with van der Waals surface area (Å²) in [5.41, 5.74) is 19.3. The van der Waals surface area contributed by atoms with E-state index in [0.717, 1.165) is 128 Å².